The summed E-state index contributed by atoms with van der Waals surface area (Å²) in [5.41, 5.74) is 4.98. The van der Waals surface area contributed by atoms with Crippen molar-refractivity contribution >= 4 is 22.4 Å². The molecule has 0 radical (unpaired) electrons. The highest BCUT2D eigenvalue weighted by Crippen LogP contribution is 2.29. The summed E-state index contributed by atoms with van der Waals surface area (Å²) in [5, 5.41) is 12.7. The van der Waals surface area contributed by atoms with Crippen LogP contribution in [-0.4, -0.2) is 20.2 Å². The molecule has 0 saturated carbocycles. The van der Waals surface area contributed by atoms with Gasteiger partial charge in [-0.2, -0.15) is 0 Å². The highest BCUT2D eigenvalue weighted by atomic mass is 16.4. The summed E-state index contributed by atoms with van der Waals surface area (Å²) in [6, 6.07) is 23.8. The molecule has 6 heteroatoms. The second kappa shape index (κ2) is 7.40. The van der Waals surface area contributed by atoms with E-state index in [1.54, 1.807) is 0 Å². The first kappa shape index (κ1) is 18.0. The lowest BCUT2D eigenvalue weighted by atomic mass is 10.1. The number of anilines is 2. The van der Waals surface area contributed by atoms with Gasteiger partial charge in [0.15, 0.2) is 0 Å². The predicted octanol–water partition coefficient (Wildman–Crippen LogP) is 5.71. The van der Waals surface area contributed by atoms with Gasteiger partial charge in [-0.3, -0.25) is 0 Å². The van der Waals surface area contributed by atoms with Crippen LogP contribution in [0.25, 0.3) is 34.1 Å². The van der Waals surface area contributed by atoms with Crippen LogP contribution in [0.15, 0.2) is 77.2 Å². The zero-order valence-corrected chi connectivity index (χ0v) is 16.6. The van der Waals surface area contributed by atoms with Crippen molar-refractivity contribution in [2.75, 3.05) is 5.32 Å². The van der Waals surface area contributed by atoms with E-state index in [4.69, 9.17) is 9.40 Å². The van der Waals surface area contributed by atoms with Crippen LogP contribution < -0.4 is 5.32 Å². The van der Waals surface area contributed by atoms with E-state index in [1.165, 1.54) is 11.1 Å². The number of nitrogens with one attached hydrogen (secondary N) is 1. The minimum absolute atomic E-state index is 0.281. The summed E-state index contributed by atoms with van der Waals surface area (Å²) in [7, 11) is 0. The van der Waals surface area contributed by atoms with Gasteiger partial charge in [0.05, 0.1) is 5.52 Å². The maximum absolute atomic E-state index is 5.87. The van der Waals surface area contributed by atoms with E-state index in [1.807, 2.05) is 54.6 Å². The molecule has 5 rings (SSSR count). The Hall–Kier alpha value is -4.06. The van der Waals surface area contributed by atoms with Crippen LogP contribution in [0.5, 0.6) is 0 Å². The molecule has 0 fully saturated rings. The highest BCUT2D eigenvalue weighted by molar-refractivity contribution is 5.92. The fourth-order valence-corrected chi connectivity index (χ4v) is 3.46. The highest BCUT2D eigenvalue weighted by Gasteiger charge is 2.16. The molecule has 0 unspecified atom stereocenters. The summed E-state index contributed by atoms with van der Waals surface area (Å²) in [4.78, 5) is 9.36. The molecule has 5 aromatic rings. The standard InChI is InChI=1S/C24H19N5O/c1-15-12-16(2)14-18(13-15)25-21-19-10-6-7-11-20(19)26-22(27-21)24-29-28-23(30-24)17-8-4-3-5-9-17/h3-14H,1-2H3,(H,25,26,27). The molecular weight excluding hydrogens is 374 g/mol. The van der Waals surface area contributed by atoms with Crippen molar-refractivity contribution in [3.63, 3.8) is 0 Å². The Bertz CT molecular complexity index is 1320. The van der Waals surface area contributed by atoms with Crippen molar-refractivity contribution in [1.29, 1.82) is 0 Å². The van der Waals surface area contributed by atoms with E-state index in [9.17, 15) is 0 Å². The summed E-state index contributed by atoms with van der Waals surface area (Å²) in [6.07, 6.45) is 0. The summed E-state index contributed by atoms with van der Waals surface area (Å²) in [6.45, 7) is 4.15. The van der Waals surface area contributed by atoms with E-state index in [0.717, 1.165) is 22.2 Å². The maximum atomic E-state index is 5.87. The van der Waals surface area contributed by atoms with E-state index in [0.29, 0.717) is 17.5 Å². The third-order valence-corrected chi connectivity index (χ3v) is 4.72. The van der Waals surface area contributed by atoms with Gasteiger partial charge in [-0.25, -0.2) is 9.97 Å². The van der Waals surface area contributed by atoms with Crippen molar-refractivity contribution < 1.29 is 4.42 Å². The zero-order valence-electron chi connectivity index (χ0n) is 16.6. The van der Waals surface area contributed by atoms with Crippen LogP contribution in [0, 0.1) is 13.8 Å². The van der Waals surface area contributed by atoms with Gasteiger partial charge in [-0.05, 0) is 61.4 Å². The Kier molecular flexibility index (Phi) is 4.44. The molecule has 0 aliphatic rings. The number of para-hydroxylation sites is 1. The van der Waals surface area contributed by atoms with E-state index in [-0.39, 0.29) is 5.89 Å². The SMILES string of the molecule is Cc1cc(C)cc(Nc2nc(-c3nnc(-c4ccccc4)o3)nc3ccccc23)c1. The largest absolute Gasteiger partial charge is 0.413 e. The van der Waals surface area contributed by atoms with Crippen molar-refractivity contribution in [2.45, 2.75) is 13.8 Å². The van der Waals surface area contributed by atoms with Crippen LogP contribution in [0.3, 0.4) is 0 Å². The zero-order chi connectivity index (χ0) is 20.5. The lowest BCUT2D eigenvalue weighted by molar-refractivity contribution is 0.579. The van der Waals surface area contributed by atoms with Crippen LogP contribution in [0.1, 0.15) is 11.1 Å². The molecule has 0 saturated heterocycles. The number of rotatable bonds is 4. The van der Waals surface area contributed by atoms with Crippen molar-refractivity contribution in [2.24, 2.45) is 0 Å². The molecule has 0 amide bonds. The first-order chi connectivity index (χ1) is 14.7. The van der Waals surface area contributed by atoms with Crippen LogP contribution >= 0.6 is 0 Å². The lowest BCUT2D eigenvalue weighted by Crippen LogP contribution is -2.00. The third-order valence-electron chi connectivity index (χ3n) is 4.72. The van der Waals surface area contributed by atoms with Crippen LogP contribution in [-0.2, 0) is 0 Å². The van der Waals surface area contributed by atoms with Gasteiger partial charge in [0.1, 0.15) is 5.82 Å². The number of aryl methyl sites for hydroxylation is 2. The van der Waals surface area contributed by atoms with Crippen molar-refractivity contribution in [3.05, 3.63) is 83.9 Å². The van der Waals surface area contributed by atoms with E-state index >= 15 is 0 Å². The number of aromatic nitrogens is 4. The van der Waals surface area contributed by atoms with Crippen molar-refractivity contribution in [3.8, 4) is 23.2 Å². The normalized spacial score (nSPS) is 11.0. The lowest BCUT2D eigenvalue weighted by Gasteiger charge is -2.11. The summed E-state index contributed by atoms with van der Waals surface area (Å²) >= 11 is 0. The van der Waals surface area contributed by atoms with Gasteiger partial charge in [0.2, 0.25) is 11.7 Å². The molecule has 1 N–H and O–H groups in total. The minimum Gasteiger partial charge on any atom is -0.413 e. The fraction of sp³-hybridized carbons (Fsp3) is 0.0833. The molecule has 0 aliphatic heterocycles. The molecule has 6 nitrogen and oxygen atoms in total. The number of benzene rings is 3. The molecular formula is C24H19N5O. The van der Waals surface area contributed by atoms with Gasteiger partial charge >= 0.3 is 0 Å². The second-order valence-electron chi connectivity index (χ2n) is 7.19. The Morgan fingerprint density at radius 1 is 0.733 bits per heavy atom. The molecule has 30 heavy (non-hydrogen) atoms. The number of hydrogen-bond acceptors (Lipinski definition) is 6. The van der Waals surface area contributed by atoms with Gasteiger partial charge in [-0.1, -0.05) is 36.4 Å². The Balaban J connectivity index is 1.59. The van der Waals surface area contributed by atoms with Crippen molar-refractivity contribution in [1.82, 2.24) is 20.2 Å². The number of nitrogens with zero attached hydrogens (tertiary/aromatic N) is 4. The van der Waals surface area contributed by atoms with Gasteiger partial charge in [0.25, 0.3) is 5.89 Å². The van der Waals surface area contributed by atoms with E-state index in [2.05, 4.69) is 52.5 Å². The molecule has 0 atom stereocenters. The van der Waals surface area contributed by atoms with Crippen LogP contribution in [0.4, 0.5) is 11.5 Å². The van der Waals surface area contributed by atoms with E-state index < -0.39 is 0 Å². The molecule has 0 aliphatic carbocycles. The Morgan fingerprint density at radius 3 is 2.23 bits per heavy atom. The Labute approximate surface area is 173 Å². The maximum Gasteiger partial charge on any atom is 0.286 e. The predicted molar refractivity (Wildman–Crippen MR) is 117 cm³/mol. The average Bonchev–Trinajstić information content (AvgIpc) is 3.24. The van der Waals surface area contributed by atoms with Gasteiger partial charge in [0, 0.05) is 16.6 Å². The Morgan fingerprint density at radius 2 is 1.43 bits per heavy atom. The summed E-state index contributed by atoms with van der Waals surface area (Å²) in [5.74, 6) is 1.80. The van der Waals surface area contributed by atoms with Crippen LogP contribution in [0.2, 0.25) is 0 Å². The molecule has 2 heterocycles. The molecule has 2 aromatic heterocycles. The smallest absolute Gasteiger partial charge is 0.286 e. The average molecular weight is 393 g/mol. The molecule has 146 valence electrons. The fourth-order valence-electron chi connectivity index (χ4n) is 3.46. The second-order valence-corrected chi connectivity index (χ2v) is 7.19. The topological polar surface area (TPSA) is 76.7 Å². The third kappa shape index (κ3) is 3.51. The van der Waals surface area contributed by atoms with Gasteiger partial charge < -0.3 is 9.73 Å². The van der Waals surface area contributed by atoms with Gasteiger partial charge in [-0.15, -0.1) is 10.2 Å². The number of fused-ring (bicyclic) bond motifs is 1. The quantitative estimate of drug-likeness (QED) is 0.422. The summed E-state index contributed by atoms with van der Waals surface area (Å²) < 4.78 is 5.87. The first-order valence-corrected chi connectivity index (χ1v) is 9.67. The monoisotopic (exact) mass is 393 g/mol. The molecule has 0 spiro atoms. The first-order valence-electron chi connectivity index (χ1n) is 9.67. The minimum atomic E-state index is 0.281. The number of hydrogen-bond donors (Lipinski definition) is 1. The molecule has 0 bridgehead atoms. The molecule has 3 aromatic carbocycles.